The van der Waals surface area contributed by atoms with Crippen LogP contribution in [0, 0.1) is 30.6 Å². The Hall–Kier alpha value is -4.14. The summed E-state index contributed by atoms with van der Waals surface area (Å²) in [5, 5.41) is 1.00. The van der Waals surface area contributed by atoms with Crippen molar-refractivity contribution < 1.29 is 23.9 Å². The molecule has 4 aromatic rings. The number of aromatic nitrogens is 1. The fraction of sp³-hybridized carbons (Fsp3) is 0.289. The number of anilines is 1. The Morgan fingerprint density at radius 3 is 2.43 bits per heavy atom. The maximum atomic E-state index is 13.9. The Morgan fingerprint density at radius 2 is 1.72 bits per heavy atom. The molecule has 2 heterocycles. The molecule has 3 aliphatic rings. The average molecular weight is 712 g/mol. The molecule has 0 radical (unpaired) electrons. The summed E-state index contributed by atoms with van der Waals surface area (Å²) in [6.07, 6.45) is 3.10. The van der Waals surface area contributed by atoms with E-state index in [2.05, 4.69) is 28.9 Å². The Kier molecular flexibility index (Phi) is 8.13. The van der Waals surface area contributed by atoms with Gasteiger partial charge in [0.2, 0.25) is 17.6 Å². The highest BCUT2D eigenvalue weighted by atomic mass is 79.9. The van der Waals surface area contributed by atoms with E-state index in [-0.39, 0.29) is 46.8 Å². The van der Waals surface area contributed by atoms with Crippen molar-refractivity contribution in [3.63, 3.8) is 0 Å². The number of ketones is 1. The zero-order valence-electron chi connectivity index (χ0n) is 26.1. The van der Waals surface area contributed by atoms with Crippen LogP contribution in [0.1, 0.15) is 59.4 Å². The Morgan fingerprint density at radius 1 is 1.02 bits per heavy atom. The first-order valence-electron chi connectivity index (χ1n) is 15.8. The van der Waals surface area contributed by atoms with Gasteiger partial charge in [-0.1, -0.05) is 79.1 Å². The summed E-state index contributed by atoms with van der Waals surface area (Å²) in [5.41, 5.74) is 4.78. The lowest BCUT2D eigenvalue weighted by atomic mass is 9.82. The number of hydrogen-bond acceptors (Lipinski definition) is 6. The number of allylic oxidation sites excluding steroid dienone is 2. The number of fused-ring (bicyclic) bond motifs is 6. The Balaban J connectivity index is 1.24. The number of nitrogens with zero attached hydrogens (tertiary/aromatic N) is 2. The van der Waals surface area contributed by atoms with Gasteiger partial charge in [-0.25, -0.2) is 9.78 Å². The molecule has 0 N–H and O–H groups in total. The van der Waals surface area contributed by atoms with Crippen molar-refractivity contribution in [1.29, 1.82) is 0 Å². The van der Waals surface area contributed by atoms with Crippen LogP contribution in [0.15, 0.2) is 82.9 Å². The predicted molar refractivity (Wildman–Crippen MR) is 184 cm³/mol. The second-order valence-electron chi connectivity index (χ2n) is 12.7. The van der Waals surface area contributed by atoms with E-state index in [1.165, 1.54) is 10.5 Å². The summed E-state index contributed by atoms with van der Waals surface area (Å²) in [5.74, 6) is -1.49. The number of halogens is 2. The van der Waals surface area contributed by atoms with E-state index >= 15 is 0 Å². The third-order valence-corrected chi connectivity index (χ3v) is 11.2. The zero-order chi connectivity index (χ0) is 33.1. The highest BCUT2D eigenvalue weighted by Gasteiger charge is 2.60. The van der Waals surface area contributed by atoms with E-state index < -0.39 is 12.1 Å². The van der Waals surface area contributed by atoms with Gasteiger partial charge in [-0.2, -0.15) is 0 Å². The van der Waals surface area contributed by atoms with Gasteiger partial charge in [0, 0.05) is 21.0 Å². The topological polar surface area (TPSA) is 93.6 Å². The first kappa shape index (κ1) is 31.5. The number of ether oxygens (including phenoxy) is 1. The summed E-state index contributed by atoms with van der Waals surface area (Å²) in [6.45, 7) is 5.81. The van der Waals surface area contributed by atoms with Gasteiger partial charge >= 0.3 is 5.97 Å². The maximum absolute atomic E-state index is 13.9. The number of carbonyl (C=O) groups excluding carboxylic acids is 4. The van der Waals surface area contributed by atoms with Crippen LogP contribution >= 0.6 is 27.5 Å². The second-order valence-corrected chi connectivity index (χ2v) is 13.9. The lowest BCUT2D eigenvalue weighted by Gasteiger charge is -2.19. The monoisotopic (exact) mass is 710 g/mol. The molecular weight excluding hydrogens is 680 g/mol. The van der Waals surface area contributed by atoms with Gasteiger partial charge in [-0.05, 0) is 84.3 Å². The maximum Gasteiger partial charge on any atom is 0.339 e. The fourth-order valence-corrected chi connectivity index (χ4v) is 8.24. The molecule has 7 rings (SSSR count). The molecular formula is C38H32BrClN2O5. The van der Waals surface area contributed by atoms with Gasteiger partial charge in [0.15, 0.2) is 6.10 Å². The van der Waals surface area contributed by atoms with Crippen molar-refractivity contribution in [2.45, 2.75) is 46.1 Å². The number of imide groups is 1. The van der Waals surface area contributed by atoms with Gasteiger partial charge in [-0.3, -0.25) is 19.3 Å². The van der Waals surface area contributed by atoms with Crippen LogP contribution in [0.4, 0.5) is 5.69 Å². The molecule has 5 atom stereocenters. The quantitative estimate of drug-likeness (QED) is 0.0788. The van der Waals surface area contributed by atoms with Gasteiger partial charge < -0.3 is 4.74 Å². The van der Waals surface area contributed by atoms with Crippen LogP contribution in [-0.4, -0.2) is 34.7 Å². The Bertz CT molecular complexity index is 2010. The van der Waals surface area contributed by atoms with E-state index in [9.17, 15) is 19.2 Å². The first-order chi connectivity index (χ1) is 22.6. The summed E-state index contributed by atoms with van der Waals surface area (Å²) in [4.78, 5) is 60.4. The number of esters is 1. The molecule has 0 spiro atoms. The van der Waals surface area contributed by atoms with Crippen LogP contribution in [0.2, 0.25) is 5.02 Å². The molecule has 2 fully saturated rings. The molecule has 238 valence electrons. The molecule has 9 heteroatoms. The van der Waals surface area contributed by atoms with Crippen molar-refractivity contribution in [3.05, 3.63) is 105 Å². The van der Waals surface area contributed by atoms with E-state index in [4.69, 9.17) is 21.3 Å². The number of hydrogen-bond donors (Lipinski definition) is 0. The highest BCUT2D eigenvalue weighted by molar-refractivity contribution is 9.10. The van der Waals surface area contributed by atoms with Crippen LogP contribution in [0.3, 0.4) is 0 Å². The second kappa shape index (κ2) is 12.1. The highest BCUT2D eigenvalue weighted by Crippen LogP contribution is 2.56. The Labute approximate surface area is 286 Å². The minimum absolute atomic E-state index is 0.126. The molecule has 3 aromatic carbocycles. The van der Waals surface area contributed by atoms with Gasteiger partial charge in [0.25, 0.3) is 0 Å². The van der Waals surface area contributed by atoms with Gasteiger partial charge in [0.05, 0.1) is 39.3 Å². The molecule has 1 aromatic heterocycles. The molecule has 7 nitrogen and oxygen atoms in total. The van der Waals surface area contributed by atoms with Crippen molar-refractivity contribution >= 4 is 67.7 Å². The third kappa shape index (κ3) is 5.22. The summed E-state index contributed by atoms with van der Waals surface area (Å²) < 4.78 is 6.53. The fourth-order valence-electron chi connectivity index (χ4n) is 7.57. The van der Waals surface area contributed by atoms with E-state index in [1.54, 1.807) is 60.7 Å². The number of amides is 2. The molecule has 5 unspecified atom stereocenters. The molecule has 1 saturated carbocycles. The van der Waals surface area contributed by atoms with Crippen LogP contribution in [0.5, 0.6) is 0 Å². The minimum atomic E-state index is -0.957. The lowest BCUT2D eigenvalue weighted by molar-refractivity contribution is -0.123. The summed E-state index contributed by atoms with van der Waals surface area (Å²) >= 11 is 10.1. The van der Waals surface area contributed by atoms with Crippen LogP contribution in [0.25, 0.3) is 22.2 Å². The van der Waals surface area contributed by atoms with Crippen molar-refractivity contribution in [3.8, 4) is 11.3 Å². The average Bonchev–Trinajstić information content (AvgIpc) is 3.72. The van der Waals surface area contributed by atoms with Gasteiger partial charge in [0.1, 0.15) is 0 Å². The van der Waals surface area contributed by atoms with Crippen LogP contribution in [-0.2, 0) is 14.3 Å². The first-order valence-corrected chi connectivity index (χ1v) is 17.0. The van der Waals surface area contributed by atoms with E-state index in [1.807, 2.05) is 19.9 Å². The van der Waals surface area contributed by atoms with Crippen molar-refractivity contribution in [1.82, 2.24) is 4.98 Å². The lowest BCUT2D eigenvalue weighted by Crippen LogP contribution is -2.32. The number of pyridine rings is 1. The largest absolute Gasteiger partial charge is 0.450 e. The third-order valence-electron chi connectivity index (χ3n) is 9.90. The normalized spacial score (nSPS) is 22.1. The summed E-state index contributed by atoms with van der Waals surface area (Å²) in [6, 6.07) is 19.3. The minimum Gasteiger partial charge on any atom is -0.450 e. The van der Waals surface area contributed by atoms with E-state index in [0.717, 1.165) is 6.42 Å². The van der Waals surface area contributed by atoms with Gasteiger partial charge in [-0.15, -0.1) is 0 Å². The van der Waals surface area contributed by atoms with Crippen LogP contribution < -0.4 is 4.90 Å². The molecule has 1 saturated heterocycles. The number of carbonyl (C=O) groups is 4. The van der Waals surface area contributed by atoms with Crippen molar-refractivity contribution in [2.75, 3.05) is 4.90 Å². The molecule has 2 amide bonds. The molecule has 2 bridgehead atoms. The predicted octanol–water partition coefficient (Wildman–Crippen LogP) is 8.54. The molecule has 2 aliphatic carbocycles. The van der Waals surface area contributed by atoms with E-state index in [0.29, 0.717) is 61.3 Å². The zero-order valence-corrected chi connectivity index (χ0v) is 28.5. The number of benzene rings is 3. The summed E-state index contributed by atoms with van der Waals surface area (Å²) in [7, 11) is 0. The smallest absolute Gasteiger partial charge is 0.339 e. The van der Waals surface area contributed by atoms with Crippen molar-refractivity contribution in [2.24, 2.45) is 23.7 Å². The molecule has 47 heavy (non-hydrogen) atoms. The SMILES string of the molecule is CCCC(OC(=O)c1cc(-c2ccc(N3C(=O)C4C5C=C(C)C(C5)C4C3=O)cc2)nc2c(C)c(Cl)c(Br)cc12)C(=O)c1ccccc1. The molecule has 1 aliphatic heterocycles. The number of rotatable bonds is 8. The standard InChI is InChI=1S/C38H32BrClN2O5/c1-4-8-30(35(43)22-9-6-5-7-10-22)47-38(46)27-18-29(41-34-20(3)33(40)28(39)17-26(27)34)21-11-13-24(14-12-21)42-36(44)31-23-15-19(2)25(16-23)32(31)37(42)45/h5-7,9-15,17-18,23,25,30-32H,4,8,16H2,1-3H3. The number of aryl methyl sites for hydroxylation is 1. The number of Topliss-reactive ketones (excluding diaryl/α,β-unsaturated/α-hetero) is 1.